The van der Waals surface area contributed by atoms with Gasteiger partial charge in [-0.05, 0) is 59.2 Å². The molecular formula is C34H28F6N2O6S. The van der Waals surface area contributed by atoms with Crippen molar-refractivity contribution in [3.63, 3.8) is 0 Å². The second-order valence-electron chi connectivity index (χ2n) is 11.6. The van der Waals surface area contributed by atoms with Gasteiger partial charge in [-0.2, -0.15) is 22.0 Å². The van der Waals surface area contributed by atoms with Gasteiger partial charge in [0.05, 0.1) is 22.7 Å². The normalized spacial score (nSPS) is 15.9. The summed E-state index contributed by atoms with van der Waals surface area (Å²) in [6, 6.07) is 19.5. The third kappa shape index (κ3) is 7.41. The molecule has 6 rings (SSSR count). The number of hydrogen-bond donors (Lipinski definition) is 0. The third-order valence-corrected chi connectivity index (χ3v) is 10.1. The lowest BCUT2D eigenvalue weighted by atomic mass is 9.89. The quantitative estimate of drug-likeness (QED) is 0.182. The lowest BCUT2D eigenvalue weighted by Gasteiger charge is -2.47. The lowest BCUT2D eigenvalue weighted by molar-refractivity contribution is -0.137. The molecule has 15 heteroatoms. The number of benzene rings is 4. The fraction of sp³-hybridized carbons (Fsp3) is 0.265. The number of alkyl halides is 5. The number of likely N-dealkylation sites (tertiary alicyclic amines) is 1. The molecule has 258 valence electrons. The number of sulfonamides is 1. The fourth-order valence-electron chi connectivity index (χ4n) is 5.83. The molecule has 1 fully saturated rings. The Morgan fingerprint density at radius 1 is 0.898 bits per heavy atom. The van der Waals surface area contributed by atoms with Crippen LogP contribution in [-0.2, 0) is 27.5 Å². The molecule has 0 aromatic heterocycles. The minimum absolute atomic E-state index is 0.0532. The first-order valence-corrected chi connectivity index (χ1v) is 16.4. The maximum Gasteiger partial charge on any atom is 0.416 e. The predicted molar refractivity (Wildman–Crippen MR) is 165 cm³/mol. The maximum atomic E-state index is 14.4. The topological polar surface area (TPSA) is 85.4 Å². The van der Waals surface area contributed by atoms with Crippen LogP contribution >= 0.6 is 0 Å². The summed E-state index contributed by atoms with van der Waals surface area (Å²) in [6.07, 6.45) is -5.08. The first-order chi connectivity index (χ1) is 23.2. The van der Waals surface area contributed by atoms with E-state index in [9.17, 15) is 39.6 Å². The largest absolute Gasteiger partial charge is 0.483 e. The molecule has 0 bridgehead atoms. The molecule has 0 unspecified atom stereocenters. The zero-order valence-electron chi connectivity index (χ0n) is 25.5. The van der Waals surface area contributed by atoms with Gasteiger partial charge in [0.2, 0.25) is 0 Å². The van der Waals surface area contributed by atoms with Crippen LogP contribution in [-0.4, -0.2) is 51.3 Å². The minimum Gasteiger partial charge on any atom is -0.483 e. The number of carbonyl (C=O) groups is 1. The van der Waals surface area contributed by atoms with E-state index < -0.39 is 56.5 Å². The molecule has 1 amide bonds. The number of piperidine rings is 1. The molecule has 0 radical (unpaired) electrons. The van der Waals surface area contributed by atoms with Crippen molar-refractivity contribution >= 4 is 21.8 Å². The van der Waals surface area contributed by atoms with Crippen LogP contribution in [0.25, 0.3) is 11.1 Å². The highest BCUT2D eigenvalue weighted by molar-refractivity contribution is 7.92. The van der Waals surface area contributed by atoms with Gasteiger partial charge in [0.15, 0.2) is 0 Å². The van der Waals surface area contributed by atoms with Crippen LogP contribution in [0.3, 0.4) is 0 Å². The Hall–Kier alpha value is -4.92. The van der Waals surface area contributed by atoms with Crippen molar-refractivity contribution in [2.75, 3.05) is 23.9 Å². The number of nitrogens with zero attached hydrogens (tertiary/aromatic N) is 2. The maximum absolute atomic E-state index is 14.4. The second-order valence-corrected chi connectivity index (χ2v) is 13.4. The van der Waals surface area contributed by atoms with Crippen molar-refractivity contribution in [1.29, 1.82) is 0 Å². The highest BCUT2D eigenvalue weighted by Crippen LogP contribution is 2.46. The van der Waals surface area contributed by atoms with Crippen molar-refractivity contribution < 1.29 is 53.8 Å². The summed E-state index contributed by atoms with van der Waals surface area (Å²) in [4.78, 5) is 13.7. The first-order valence-electron chi connectivity index (χ1n) is 15.0. The third-order valence-electron chi connectivity index (χ3n) is 8.30. The molecule has 4 aromatic rings. The van der Waals surface area contributed by atoms with E-state index in [0.29, 0.717) is 6.07 Å². The molecule has 0 N–H and O–H groups in total. The molecule has 2 heterocycles. The molecular weight excluding hydrogens is 678 g/mol. The van der Waals surface area contributed by atoms with Gasteiger partial charge in [0, 0.05) is 32.0 Å². The Bertz CT molecular complexity index is 1950. The molecule has 8 nitrogen and oxygen atoms in total. The number of rotatable bonds is 7. The zero-order valence-corrected chi connectivity index (χ0v) is 26.3. The number of amides is 1. The molecule has 1 saturated heterocycles. The Kier molecular flexibility index (Phi) is 9.13. The summed E-state index contributed by atoms with van der Waals surface area (Å²) < 4.78 is 126. The fourth-order valence-corrected chi connectivity index (χ4v) is 7.42. The Labute approximate surface area is 277 Å². The summed E-state index contributed by atoms with van der Waals surface area (Å²) in [7, 11) is -4.68. The summed E-state index contributed by atoms with van der Waals surface area (Å²) in [5.74, 6) is -1.31. The number of anilines is 1. The van der Waals surface area contributed by atoms with E-state index in [4.69, 9.17) is 9.47 Å². The van der Waals surface area contributed by atoms with Crippen LogP contribution in [0.2, 0.25) is 0 Å². The van der Waals surface area contributed by atoms with E-state index in [2.05, 4.69) is 4.74 Å². The van der Waals surface area contributed by atoms with E-state index in [1.54, 1.807) is 12.1 Å². The van der Waals surface area contributed by atoms with Gasteiger partial charge >= 0.3 is 18.9 Å². The Balaban J connectivity index is 1.33. The Morgan fingerprint density at radius 3 is 2.33 bits per heavy atom. The summed E-state index contributed by atoms with van der Waals surface area (Å²) in [6.45, 7) is -3.24. The number of ether oxygens (including phenoxy) is 3. The molecule has 0 atom stereocenters. The molecule has 0 saturated carbocycles. The lowest BCUT2D eigenvalue weighted by Crippen LogP contribution is -2.58. The van der Waals surface area contributed by atoms with Crippen LogP contribution in [0.5, 0.6) is 11.5 Å². The van der Waals surface area contributed by atoms with Crippen LogP contribution in [0.4, 0.5) is 36.8 Å². The standard InChI is InChI=1S/C34H28F6N2O6S/c35-26-15-24(16-27(19-26)47-31(36)37)23-9-10-30-29(17-23)42(49(44,45)28-8-4-7-25(18-28)34(38,39)40)21-33(48-30)11-13-41(14-12-33)32(43)46-20-22-5-2-1-3-6-22/h1-10,15-19,31H,11-14,20-21H2. The van der Waals surface area contributed by atoms with Gasteiger partial charge in [-0.1, -0.05) is 42.5 Å². The first kappa shape index (κ1) is 34.0. The molecule has 2 aliphatic rings. The predicted octanol–water partition coefficient (Wildman–Crippen LogP) is 7.87. The zero-order chi connectivity index (χ0) is 35.0. The second kappa shape index (κ2) is 13.2. The van der Waals surface area contributed by atoms with Crippen LogP contribution in [0.1, 0.15) is 24.0 Å². The monoisotopic (exact) mass is 706 g/mol. The molecule has 1 spiro atoms. The smallest absolute Gasteiger partial charge is 0.416 e. The van der Waals surface area contributed by atoms with E-state index in [1.807, 2.05) is 18.2 Å². The Morgan fingerprint density at radius 2 is 1.63 bits per heavy atom. The number of hydrogen-bond acceptors (Lipinski definition) is 6. The van der Waals surface area contributed by atoms with Crippen molar-refractivity contribution in [2.24, 2.45) is 0 Å². The van der Waals surface area contributed by atoms with E-state index in [-0.39, 0.29) is 61.6 Å². The van der Waals surface area contributed by atoms with Crippen LogP contribution < -0.4 is 13.8 Å². The van der Waals surface area contributed by atoms with Gasteiger partial charge in [-0.15, -0.1) is 0 Å². The SMILES string of the molecule is O=C(OCc1ccccc1)N1CCC2(CC1)CN(S(=O)(=O)c1cccc(C(F)(F)F)c1)c1cc(-c3cc(F)cc(OC(F)F)c3)ccc1O2. The van der Waals surface area contributed by atoms with E-state index >= 15 is 0 Å². The number of fused-ring (bicyclic) bond motifs is 1. The van der Waals surface area contributed by atoms with Crippen molar-refractivity contribution in [2.45, 2.75) is 42.7 Å². The molecule has 2 aliphatic heterocycles. The highest BCUT2D eigenvalue weighted by Gasteiger charge is 2.47. The van der Waals surface area contributed by atoms with Crippen molar-refractivity contribution in [3.8, 4) is 22.6 Å². The van der Waals surface area contributed by atoms with Gasteiger partial charge < -0.3 is 19.1 Å². The molecule has 4 aromatic carbocycles. The average Bonchev–Trinajstić information content (AvgIpc) is 3.06. The minimum atomic E-state index is -4.82. The van der Waals surface area contributed by atoms with E-state index in [1.165, 1.54) is 23.1 Å². The van der Waals surface area contributed by atoms with Crippen molar-refractivity contribution in [1.82, 2.24) is 4.90 Å². The molecule has 49 heavy (non-hydrogen) atoms. The number of halogens is 6. The van der Waals surface area contributed by atoms with E-state index in [0.717, 1.165) is 46.3 Å². The van der Waals surface area contributed by atoms with Gasteiger partial charge in [-0.25, -0.2) is 17.6 Å². The highest BCUT2D eigenvalue weighted by atomic mass is 32.2. The summed E-state index contributed by atoms with van der Waals surface area (Å²) >= 11 is 0. The average molecular weight is 707 g/mol. The molecule has 0 aliphatic carbocycles. The van der Waals surface area contributed by atoms with Crippen LogP contribution in [0.15, 0.2) is 95.9 Å². The summed E-state index contributed by atoms with van der Waals surface area (Å²) in [5.41, 5.74) is -1.36. The number of carbonyl (C=O) groups excluding carboxylic acids is 1. The van der Waals surface area contributed by atoms with Gasteiger partial charge in [-0.3, -0.25) is 4.31 Å². The van der Waals surface area contributed by atoms with Gasteiger partial charge in [0.25, 0.3) is 10.0 Å². The summed E-state index contributed by atoms with van der Waals surface area (Å²) in [5, 5.41) is 0. The van der Waals surface area contributed by atoms with Crippen LogP contribution in [0, 0.1) is 5.82 Å². The van der Waals surface area contributed by atoms with Crippen molar-refractivity contribution in [3.05, 3.63) is 108 Å². The van der Waals surface area contributed by atoms with Gasteiger partial charge in [0.1, 0.15) is 29.5 Å².